The Morgan fingerprint density at radius 1 is 1.20 bits per heavy atom. The van der Waals surface area contributed by atoms with E-state index in [1.807, 2.05) is 12.1 Å². The highest BCUT2D eigenvalue weighted by atomic mass is 35.5. The molecule has 130 valence electrons. The zero-order valence-electron chi connectivity index (χ0n) is 13.5. The Kier molecular flexibility index (Phi) is 5.19. The number of amides is 2. The van der Waals surface area contributed by atoms with Gasteiger partial charge in [0.15, 0.2) is 0 Å². The fourth-order valence-electron chi connectivity index (χ4n) is 2.90. The van der Waals surface area contributed by atoms with E-state index in [0.717, 1.165) is 12.0 Å². The average molecular weight is 360 g/mol. The van der Waals surface area contributed by atoms with E-state index >= 15 is 0 Å². The summed E-state index contributed by atoms with van der Waals surface area (Å²) in [5, 5.41) is 3.51. The molecule has 0 radical (unpaired) electrons. The van der Waals surface area contributed by atoms with Crippen LogP contribution in [0.5, 0.6) is 0 Å². The third-order valence-electron chi connectivity index (χ3n) is 4.23. The maximum Gasteiger partial charge on any atom is 0.256 e. The van der Waals surface area contributed by atoms with Crippen molar-refractivity contribution in [1.29, 1.82) is 0 Å². The van der Waals surface area contributed by atoms with Gasteiger partial charge in [-0.25, -0.2) is 0 Å². The molecule has 1 aliphatic rings. The maximum absolute atomic E-state index is 12.6. The third kappa shape index (κ3) is 4.09. The highest BCUT2D eigenvalue weighted by Crippen LogP contribution is 2.20. The standard InChI is InChI=1S/C18H18ClN3O3/c19-14-6-3-12(4-7-14)10-21-17(24)15-2-1-9-22(15)18(25)13-5-8-16(23)20-11-13/h3-8,11,15H,1-2,9-10H2,(H,20,23)(H,21,24)/t15-/m0/s1. The fourth-order valence-corrected chi connectivity index (χ4v) is 3.03. The maximum atomic E-state index is 12.6. The lowest BCUT2D eigenvalue weighted by Crippen LogP contribution is -2.45. The number of aromatic amines is 1. The SMILES string of the molecule is O=C(NCc1ccc(Cl)cc1)[C@@H]1CCCN1C(=O)c1ccc(=O)[nH]c1. The van der Waals surface area contributed by atoms with Crippen LogP contribution in [0.25, 0.3) is 0 Å². The molecule has 0 unspecified atom stereocenters. The van der Waals surface area contributed by atoms with Crippen molar-refractivity contribution in [3.05, 3.63) is 69.1 Å². The van der Waals surface area contributed by atoms with Crippen LogP contribution in [0.4, 0.5) is 0 Å². The molecule has 0 aliphatic carbocycles. The van der Waals surface area contributed by atoms with Gasteiger partial charge in [-0.15, -0.1) is 0 Å². The van der Waals surface area contributed by atoms with Gasteiger partial charge in [0.2, 0.25) is 11.5 Å². The van der Waals surface area contributed by atoms with Crippen LogP contribution >= 0.6 is 11.6 Å². The van der Waals surface area contributed by atoms with E-state index < -0.39 is 6.04 Å². The lowest BCUT2D eigenvalue weighted by atomic mass is 10.1. The molecule has 1 aromatic heterocycles. The molecule has 2 heterocycles. The Labute approximate surface area is 149 Å². The number of H-pyrrole nitrogens is 1. The molecule has 0 spiro atoms. The van der Waals surface area contributed by atoms with E-state index in [9.17, 15) is 14.4 Å². The summed E-state index contributed by atoms with van der Waals surface area (Å²) in [6.07, 6.45) is 2.78. The van der Waals surface area contributed by atoms with Crippen molar-refractivity contribution < 1.29 is 9.59 Å². The Bertz CT molecular complexity index is 812. The zero-order chi connectivity index (χ0) is 17.8. The summed E-state index contributed by atoms with van der Waals surface area (Å²) in [4.78, 5) is 40.3. The number of benzene rings is 1. The second-order valence-corrected chi connectivity index (χ2v) is 6.38. The van der Waals surface area contributed by atoms with Crippen LogP contribution in [-0.4, -0.2) is 34.3 Å². The molecular formula is C18H18ClN3O3. The molecule has 6 nitrogen and oxygen atoms in total. The highest BCUT2D eigenvalue weighted by molar-refractivity contribution is 6.30. The van der Waals surface area contributed by atoms with Crippen LogP contribution in [0.15, 0.2) is 47.4 Å². The molecule has 1 atom stereocenters. The van der Waals surface area contributed by atoms with Crippen molar-refractivity contribution in [1.82, 2.24) is 15.2 Å². The average Bonchev–Trinajstić information content (AvgIpc) is 3.11. The van der Waals surface area contributed by atoms with Gasteiger partial charge in [-0.1, -0.05) is 23.7 Å². The van der Waals surface area contributed by atoms with Crippen molar-refractivity contribution in [2.45, 2.75) is 25.4 Å². The quantitative estimate of drug-likeness (QED) is 0.875. The molecule has 0 saturated carbocycles. The number of pyridine rings is 1. The monoisotopic (exact) mass is 359 g/mol. The molecule has 25 heavy (non-hydrogen) atoms. The molecule has 1 fully saturated rings. The van der Waals surface area contributed by atoms with E-state index in [1.165, 1.54) is 18.3 Å². The van der Waals surface area contributed by atoms with Crippen molar-refractivity contribution in [3.63, 3.8) is 0 Å². The molecule has 2 amide bonds. The first-order valence-corrected chi connectivity index (χ1v) is 8.44. The van der Waals surface area contributed by atoms with Crippen molar-refractivity contribution in [3.8, 4) is 0 Å². The lowest BCUT2D eigenvalue weighted by molar-refractivity contribution is -0.125. The lowest BCUT2D eigenvalue weighted by Gasteiger charge is -2.24. The summed E-state index contributed by atoms with van der Waals surface area (Å²) in [5.41, 5.74) is 1.04. The van der Waals surface area contributed by atoms with Gasteiger partial charge in [-0.2, -0.15) is 0 Å². The van der Waals surface area contributed by atoms with Crippen molar-refractivity contribution >= 4 is 23.4 Å². The number of nitrogens with one attached hydrogen (secondary N) is 2. The second kappa shape index (κ2) is 7.53. The fraction of sp³-hybridized carbons (Fsp3) is 0.278. The van der Waals surface area contributed by atoms with Gasteiger partial charge in [0.1, 0.15) is 6.04 Å². The van der Waals surface area contributed by atoms with Crippen LogP contribution in [0.3, 0.4) is 0 Å². The van der Waals surface area contributed by atoms with Gasteiger partial charge in [0.05, 0.1) is 5.56 Å². The summed E-state index contributed by atoms with van der Waals surface area (Å²) < 4.78 is 0. The van der Waals surface area contributed by atoms with Crippen LogP contribution in [0, 0.1) is 0 Å². The summed E-state index contributed by atoms with van der Waals surface area (Å²) in [6, 6.07) is 9.52. The third-order valence-corrected chi connectivity index (χ3v) is 4.48. The largest absolute Gasteiger partial charge is 0.350 e. The number of rotatable bonds is 4. The highest BCUT2D eigenvalue weighted by Gasteiger charge is 2.34. The van der Waals surface area contributed by atoms with E-state index in [0.29, 0.717) is 30.1 Å². The Morgan fingerprint density at radius 2 is 1.96 bits per heavy atom. The molecule has 1 saturated heterocycles. The van der Waals surface area contributed by atoms with Gasteiger partial charge < -0.3 is 15.2 Å². The van der Waals surface area contributed by atoms with Gasteiger partial charge in [0.25, 0.3) is 5.91 Å². The summed E-state index contributed by atoms with van der Waals surface area (Å²) >= 11 is 5.85. The van der Waals surface area contributed by atoms with E-state index in [-0.39, 0.29) is 17.4 Å². The Balaban J connectivity index is 1.64. The van der Waals surface area contributed by atoms with Gasteiger partial charge in [-0.05, 0) is 36.6 Å². The second-order valence-electron chi connectivity index (χ2n) is 5.94. The van der Waals surface area contributed by atoms with Crippen LogP contribution in [0.2, 0.25) is 5.02 Å². The zero-order valence-corrected chi connectivity index (χ0v) is 14.3. The molecule has 1 aliphatic heterocycles. The van der Waals surface area contributed by atoms with E-state index in [2.05, 4.69) is 10.3 Å². The Morgan fingerprint density at radius 3 is 2.64 bits per heavy atom. The predicted octanol–water partition coefficient (Wildman–Crippen LogP) is 1.95. The minimum absolute atomic E-state index is 0.176. The number of likely N-dealkylation sites (tertiary alicyclic amines) is 1. The molecule has 7 heteroatoms. The summed E-state index contributed by atoms with van der Waals surface area (Å²) in [5.74, 6) is -0.425. The van der Waals surface area contributed by atoms with Crippen molar-refractivity contribution in [2.75, 3.05) is 6.54 Å². The topological polar surface area (TPSA) is 82.3 Å². The number of hydrogen-bond acceptors (Lipinski definition) is 3. The molecule has 1 aromatic carbocycles. The minimum atomic E-state index is -0.494. The number of carbonyl (C=O) groups excluding carboxylic acids is 2. The number of halogens is 1. The normalized spacial score (nSPS) is 16.7. The van der Waals surface area contributed by atoms with Gasteiger partial charge in [-0.3, -0.25) is 14.4 Å². The summed E-state index contributed by atoms with van der Waals surface area (Å²) in [6.45, 7) is 0.907. The van der Waals surface area contributed by atoms with E-state index in [4.69, 9.17) is 11.6 Å². The first kappa shape index (κ1) is 17.2. The van der Waals surface area contributed by atoms with Crippen LogP contribution in [0.1, 0.15) is 28.8 Å². The van der Waals surface area contributed by atoms with Crippen LogP contribution in [-0.2, 0) is 11.3 Å². The van der Waals surface area contributed by atoms with Gasteiger partial charge >= 0.3 is 0 Å². The van der Waals surface area contributed by atoms with Crippen molar-refractivity contribution in [2.24, 2.45) is 0 Å². The summed E-state index contributed by atoms with van der Waals surface area (Å²) in [7, 11) is 0. The minimum Gasteiger partial charge on any atom is -0.350 e. The number of hydrogen-bond donors (Lipinski definition) is 2. The number of carbonyl (C=O) groups is 2. The molecule has 3 rings (SSSR count). The smallest absolute Gasteiger partial charge is 0.256 e. The number of aromatic nitrogens is 1. The Hall–Kier alpha value is -2.60. The van der Waals surface area contributed by atoms with E-state index in [1.54, 1.807) is 17.0 Å². The molecule has 0 bridgehead atoms. The number of nitrogens with zero attached hydrogens (tertiary/aromatic N) is 1. The molecule has 2 aromatic rings. The predicted molar refractivity (Wildman–Crippen MR) is 94.4 cm³/mol. The van der Waals surface area contributed by atoms with Crippen LogP contribution < -0.4 is 10.9 Å². The molecular weight excluding hydrogens is 342 g/mol. The molecule has 2 N–H and O–H groups in total. The first-order chi connectivity index (χ1) is 12.0. The first-order valence-electron chi connectivity index (χ1n) is 8.06. The van der Waals surface area contributed by atoms with Gasteiger partial charge in [0, 0.05) is 30.4 Å².